The number of hydrogen-bond acceptors (Lipinski definition) is 4. The van der Waals surface area contributed by atoms with Crippen LogP contribution in [0.2, 0.25) is 0 Å². The Bertz CT molecular complexity index is 555. The molecule has 6 heteroatoms. The van der Waals surface area contributed by atoms with Crippen molar-refractivity contribution in [1.82, 2.24) is 0 Å². The van der Waals surface area contributed by atoms with Gasteiger partial charge in [0.05, 0.1) is 23.9 Å². The van der Waals surface area contributed by atoms with Crippen molar-refractivity contribution in [1.29, 1.82) is 5.26 Å². The lowest BCUT2D eigenvalue weighted by molar-refractivity contribution is -0.137. The van der Waals surface area contributed by atoms with Crippen LogP contribution in [0.1, 0.15) is 18.4 Å². The van der Waals surface area contributed by atoms with E-state index in [1.165, 1.54) is 12.1 Å². The lowest BCUT2D eigenvalue weighted by atomic mass is 9.92. The molecule has 1 aliphatic heterocycles. The number of rotatable bonds is 2. The maximum absolute atomic E-state index is 13.9. The van der Waals surface area contributed by atoms with Crippen LogP contribution in [-0.4, -0.2) is 29.7 Å². The first kappa shape index (κ1) is 13.3. The molecule has 0 spiro atoms. The number of nitrogens with two attached hydrogens (primary N) is 1. The normalized spacial score (nSPS) is 22.9. The fraction of sp³-hybridized carbons (Fsp3) is 0.385. The number of nitrogens with zero attached hydrogens (tertiary/aromatic N) is 2. The monoisotopic (exact) mass is 263 g/mol. The number of amides is 1. The maximum Gasteiger partial charge on any atom is 0.251 e. The topological polar surface area (TPSA) is 90.3 Å². The van der Waals surface area contributed by atoms with Crippen molar-refractivity contribution >= 4 is 11.6 Å². The standard InChI is InChI=1S/C13H14FN3O2/c14-10-6-9(7-15)2-3-11(10)17-5-1-4-13(19,8-17)12(16)18/h2-3,6,19H,1,4-5,8H2,(H2,16,18). The van der Waals surface area contributed by atoms with E-state index in [2.05, 4.69) is 0 Å². The highest BCUT2D eigenvalue weighted by atomic mass is 19.1. The first-order valence-electron chi connectivity index (χ1n) is 5.93. The highest BCUT2D eigenvalue weighted by Gasteiger charge is 2.39. The van der Waals surface area contributed by atoms with Crippen LogP contribution in [-0.2, 0) is 4.79 Å². The fourth-order valence-corrected chi connectivity index (χ4v) is 2.28. The van der Waals surface area contributed by atoms with Crippen LogP contribution >= 0.6 is 0 Å². The van der Waals surface area contributed by atoms with Crippen LogP contribution < -0.4 is 10.6 Å². The Morgan fingerprint density at radius 1 is 1.58 bits per heavy atom. The Labute approximate surface area is 110 Å². The first-order valence-corrected chi connectivity index (χ1v) is 5.93. The number of nitriles is 1. The predicted octanol–water partition coefficient (Wildman–Crippen LogP) is 0.514. The van der Waals surface area contributed by atoms with Gasteiger partial charge in [0.15, 0.2) is 5.60 Å². The SMILES string of the molecule is N#Cc1ccc(N2CCCC(O)(C(N)=O)C2)c(F)c1. The number of halogens is 1. The predicted molar refractivity (Wildman–Crippen MR) is 66.7 cm³/mol. The fourth-order valence-electron chi connectivity index (χ4n) is 2.28. The molecular weight excluding hydrogens is 249 g/mol. The molecule has 0 aromatic heterocycles. The smallest absolute Gasteiger partial charge is 0.251 e. The van der Waals surface area contributed by atoms with E-state index in [-0.39, 0.29) is 24.2 Å². The summed E-state index contributed by atoms with van der Waals surface area (Å²) in [4.78, 5) is 12.8. The average Bonchev–Trinajstić information content (AvgIpc) is 2.38. The van der Waals surface area contributed by atoms with Crippen molar-refractivity contribution < 1.29 is 14.3 Å². The second kappa shape index (κ2) is 4.86. The summed E-state index contributed by atoms with van der Waals surface area (Å²) >= 11 is 0. The summed E-state index contributed by atoms with van der Waals surface area (Å²) in [7, 11) is 0. The molecule has 1 saturated heterocycles. The van der Waals surface area contributed by atoms with Gasteiger partial charge in [-0.2, -0.15) is 5.26 Å². The molecule has 1 aromatic carbocycles. The molecule has 1 aliphatic rings. The molecule has 100 valence electrons. The molecule has 2 rings (SSSR count). The largest absolute Gasteiger partial charge is 0.378 e. The highest BCUT2D eigenvalue weighted by molar-refractivity contribution is 5.84. The number of piperidine rings is 1. The van der Waals surface area contributed by atoms with Gasteiger partial charge in [0.2, 0.25) is 0 Å². The minimum absolute atomic E-state index is 0.0366. The Morgan fingerprint density at radius 3 is 2.89 bits per heavy atom. The number of carbonyl (C=O) groups excluding carboxylic acids is 1. The summed E-state index contributed by atoms with van der Waals surface area (Å²) in [6, 6.07) is 5.95. The number of benzene rings is 1. The zero-order valence-corrected chi connectivity index (χ0v) is 10.3. The van der Waals surface area contributed by atoms with Crippen LogP contribution in [0.25, 0.3) is 0 Å². The third kappa shape index (κ3) is 2.51. The summed E-state index contributed by atoms with van der Waals surface area (Å²) in [5.41, 5.74) is 4.03. The van der Waals surface area contributed by atoms with Gasteiger partial charge in [-0.25, -0.2) is 4.39 Å². The van der Waals surface area contributed by atoms with Crippen molar-refractivity contribution in [3.8, 4) is 6.07 Å². The van der Waals surface area contributed by atoms with Crippen LogP contribution in [0.15, 0.2) is 18.2 Å². The average molecular weight is 263 g/mol. The zero-order valence-electron chi connectivity index (χ0n) is 10.3. The number of aliphatic hydroxyl groups is 1. The van der Waals surface area contributed by atoms with E-state index in [0.717, 1.165) is 6.07 Å². The van der Waals surface area contributed by atoms with Crippen molar-refractivity contribution in [2.75, 3.05) is 18.0 Å². The molecule has 1 atom stereocenters. The van der Waals surface area contributed by atoms with Crippen LogP contribution in [0.4, 0.5) is 10.1 Å². The van der Waals surface area contributed by atoms with Gasteiger partial charge in [-0.15, -0.1) is 0 Å². The van der Waals surface area contributed by atoms with Gasteiger partial charge in [-0.1, -0.05) is 0 Å². The molecule has 1 amide bonds. The third-order valence-electron chi connectivity index (χ3n) is 3.35. The Kier molecular flexibility index (Phi) is 3.40. The Balaban J connectivity index is 2.28. The van der Waals surface area contributed by atoms with E-state index in [1.807, 2.05) is 6.07 Å². The molecule has 1 unspecified atom stereocenters. The highest BCUT2D eigenvalue weighted by Crippen LogP contribution is 2.28. The van der Waals surface area contributed by atoms with Crippen LogP contribution in [0, 0.1) is 17.1 Å². The van der Waals surface area contributed by atoms with E-state index >= 15 is 0 Å². The molecule has 1 aromatic rings. The van der Waals surface area contributed by atoms with Crippen LogP contribution in [0.3, 0.4) is 0 Å². The van der Waals surface area contributed by atoms with Crippen molar-refractivity contribution in [3.63, 3.8) is 0 Å². The number of hydrogen-bond donors (Lipinski definition) is 2. The summed E-state index contributed by atoms with van der Waals surface area (Å²) in [6.07, 6.45) is 0.815. The summed E-state index contributed by atoms with van der Waals surface area (Å²) in [5, 5.41) is 18.8. The summed E-state index contributed by atoms with van der Waals surface area (Å²) in [6.45, 7) is 0.490. The molecule has 1 heterocycles. The van der Waals surface area contributed by atoms with E-state index < -0.39 is 17.3 Å². The maximum atomic E-state index is 13.9. The zero-order chi connectivity index (χ0) is 14.0. The second-order valence-corrected chi connectivity index (χ2v) is 4.70. The van der Waals surface area contributed by atoms with Gasteiger partial charge < -0.3 is 15.7 Å². The minimum Gasteiger partial charge on any atom is -0.378 e. The molecule has 0 bridgehead atoms. The van der Waals surface area contributed by atoms with E-state index in [4.69, 9.17) is 11.0 Å². The molecule has 5 nitrogen and oxygen atoms in total. The number of β-amino-alcohol motifs (C(OH)–C–C–N with tert-alkyl or cyclic N) is 1. The first-order chi connectivity index (χ1) is 8.96. The van der Waals surface area contributed by atoms with Crippen molar-refractivity contribution in [2.24, 2.45) is 5.73 Å². The van der Waals surface area contributed by atoms with Crippen molar-refractivity contribution in [3.05, 3.63) is 29.6 Å². The van der Waals surface area contributed by atoms with E-state index in [9.17, 15) is 14.3 Å². The molecule has 19 heavy (non-hydrogen) atoms. The Hall–Kier alpha value is -2.13. The molecular formula is C13H14FN3O2. The van der Waals surface area contributed by atoms with Gasteiger partial charge >= 0.3 is 0 Å². The van der Waals surface area contributed by atoms with E-state index in [1.54, 1.807) is 4.90 Å². The third-order valence-corrected chi connectivity index (χ3v) is 3.35. The summed E-state index contributed by atoms with van der Waals surface area (Å²) < 4.78 is 13.9. The van der Waals surface area contributed by atoms with E-state index in [0.29, 0.717) is 13.0 Å². The van der Waals surface area contributed by atoms with Crippen LogP contribution in [0.5, 0.6) is 0 Å². The molecule has 0 radical (unpaired) electrons. The number of primary amides is 1. The lowest BCUT2D eigenvalue weighted by Gasteiger charge is -2.38. The molecule has 0 aliphatic carbocycles. The molecule has 0 saturated carbocycles. The minimum atomic E-state index is -1.63. The van der Waals surface area contributed by atoms with Gasteiger partial charge in [0.1, 0.15) is 5.82 Å². The molecule has 3 N–H and O–H groups in total. The van der Waals surface area contributed by atoms with Gasteiger partial charge in [-0.05, 0) is 31.0 Å². The number of carbonyl (C=O) groups is 1. The summed E-state index contributed by atoms with van der Waals surface area (Å²) in [5.74, 6) is -1.35. The Morgan fingerprint density at radius 2 is 2.32 bits per heavy atom. The van der Waals surface area contributed by atoms with Gasteiger partial charge in [0, 0.05) is 6.54 Å². The molecule has 1 fully saturated rings. The number of anilines is 1. The quantitative estimate of drug-likeness (QED) is 0.813. The lowest BCUT2D eigenvalue weighted by Crippen LogP contribution is -2.56. The second-order valence-electron chi connectivity index (χ2n) is 4.70. The van der Waals surface area contributed by atoms with Crippen molar-refractivity contribution in [2.45, 2.75) is 18.4 Å². The van der Waals surface area contributed by atoms with Gasteiger partial charge in [0.25, 0.3) is 5.91 Å². The van der Waals surface area contributed by atoms with Gasteiger partial charge in [-0.3, -0.25) is 4.79 Å².